The second-order valence-corrected chi connectivity index (χ2v) is 13.2. The van der Waals surface area contributed by atoms with Gasteiger partial charge in [0.25, 0.3) is 0 Å². The van der Waals surface area contributed by atoms with E-state index in [2.05, 4.69) is 100 Å². The molecule has 4 aromatic heterocycles. The van der Waals surface area contributed by atoms with E-state index in [9.17, 15) is 14.7 Å². The van der Waals surface area contributed by atoms with Gasteiger partial charge in [-0.1, -0.05) is 48.5 Å². The highest BCUT2D eigenvalue weighted by Gasteiger charge is 2.19. The van der Waals surface area contributed by atoms with Crippen molar-refractivity contribution in [2.45, 2.75) is 39.8 Å². The van der Waals surface area contributed by atoms with Crippen LogP contribution in [0, 0.1) is 0 Å². The molecule has 8 aromatic rings. The van der Waals surface area contributed by atoms with Crippen LogP contribution in [0.1, 0.15) is 60.5 Å². The Balaban J connectivity index is 0.000000199. The number of hydrogen-bond acceptors (Lipinski definition) is 8. The van der Waals surface area contributed by atoms with Crippen molar-refractivity contribution in [3.05, 3.63) is 109 Å². The Morgan fingerprint density at radius 2 is 1.07 bits per heavy atom. The quantitative estimate of drug-likeness (QED) is 0.117. The van der Waals surface area contributed by atoms with Crippen LogP contribution in [0.5, 0.6) is 0 Å². The predicted molar refractivity (Wildman–Crippen MR) is 249 cm³/mol. The molecule has 1 amide bonds. The fourth-order valence-electron chi connectivity index (χ4n) is 6.75. The molecule has 7 N–H and O–H groups in total. The molecular weight excluding hydrogens is 1040 g/mol. The SMILES string of the molecule is CC(C)n1cc(-c2ccc3c(C(=O)O)cccc3c2)c2c(N)ncnc21.CC(C)n1cc(-c2ccc3c(C(N)=O)cccc3c2)c2c(N)ncnc21.I.II. The number of carboxylic acid groups (broad SMARTS) is 1. The number of hydrogen-bond donors (Lipinski definition) is 4. The minimum atomic E-state index is -0.933. The van der Waals surface area contributed by atoms with Crippen molar-refractivity contribution in [3.8, 4) is 22.3 Å². The van der Waals surface area contributed by atoms with Crippen LogP contribution in [-0.4, -0.2) is 46.1 Å². The van der Waals surface area contributed by atoms with E-state index in [1.54, 1.807) is 18.2 Å². The zero-order valence-corrected chi connectivity index (χ0v) is 36.9. The average Bonchev–Trinajstić information content (AvgIpc) is 3.77. The first-order chi connectivity index (χ1) is 25.9. The lowest BCUT2D eigenvalue weighted by atomic mass is 9.98. The summed E-state index contributed by atoms with van der Waals surface area (Å²) in [5, 5.41) is 14.4. The zero-order valence-electron chi connectivity index (χ0n) is 30.2. The van der Waals surface area contributed by atoms with Crippen LogP contribution < -0.4 is 17.2 Å². The molecule has 12 nitrogen and oxygen atoms in total. The van der Waals surface area contributed by atoms with Crippen LogP contribution in [0.15, 0.2) is 97.8 Å². The second-order valence-electron chi connectivity index (χ2n) is 13.2. The number of primary amides is 1. The van der Waals surface area contributed by atoms with Gasteiger partial charge >= 0.3 is 5.97 Å². The molecule has 0 aliphatic heterocycles. The summed E-state index contributed by atoms with van der Waals surface area (Å²) in [6.07, 6.45) is 7.04. The minimum absolute atomic E-state index is 0. The van der Waals surface area contributed by atoms with Gasteiger partial charge in [-0.25, -0.2) is 24.7 Å². The summed E-state index contributed by atoms with van der Waals surface area (Å²) in [7, 11) is 0. The summed E-state index contributed by atoms with van der Waals surface area (Å²) in [5.41, 5.74) is 24.1. The van der Waals surface area contributed by atoms with E-state index in [1.807, 2.05) is 60.8 Å². The molecule has 55 heavy (non-hydrogen) atoms. The molecule has 4 aromatic carbocycles. The van der Waals surface area contributed by atoms with E-state index >= 15 is 0 Å². The van der Waals surface area contributed by atoms with Gasteiger partial charge in [-0.2, -0.15) is 0 Å². The van der Waals surface area contributed by atoms with Gasteiger partial charge in [-0.3, -0.25) is 4.79 Å². The third kappa shape index (κ3) is 8.04. The second kappa shape index (κ2) is 17.4. The van der Waals surface area contributed by atoms with Gasteiger partial charge in [0.15, 0.2) is 0 Å². The number of nitrogens with two attached hydrogens (primary N) is 3. The highest BCUT2D eigenvalue weighted by Crippen LogP contribution is 2.37. The molecule has 0 bridgehead atoms. The van der Waals surface area contributed by atoms with Crippen molar-refractivity contribution < 1.29 is 14.7 Å². The molecule has 0 unspecified atom stereocenters. The molecule has 0 spiro atoms. The van der Waals surface area contributed by atoms with Gasteiger partial charge in [0, 0.05) is 78.4 Å². The lowest BCUT2D eigenvalue weighted by Gasteiger charge is -2.07. The normalized spacial score (nSPS) is 11.0. The third-order valence-corrected chi connectivity index (χ3v) is 9.27. The maximum atomic E-state index is 11.7. The maximum Gasteiger partial charge on any atom is 0.336 e. The fourth-order valence-corrected chi connectivity index (χ4v) is 6.75. The van der Waals surface area contributed by atoms with Crippen LogP contribution in [0.2, 0.25) is 0 Å². The largest absolute Gasteiger partial charge is 0.478 e. The Morgan fingerprint density at radius 1 is 0.655 bits per heavy atom. The predicted octanol–water partition coefficient (Wildman–Crippen LogP) is 10.0. The number of fused-ring (bicyclic) bond motifs is 4. The van der Waals surface area contributed by atoms with Crippen LogP contribution >= 0.6 is 61.2 Å². The number of carbonyl (C=O) groups is 2. The first-order valence-corrected chi connectivity index (χ1v) is 23.2. The number of amides is 1. The van der Waals surface area contributed by atoms with E-state index in [-0.39, 0.29) is 36.1 Å². The van der Waals surface area contributed by atoms with Gasteiger partial charge in [0.05, 0.1) is 16.3 Å². The number of aromatic carboxylic acids is 1. The first-order valence-electron chi connectivity index (χ1n) is 16.9. The van der Waals surface area contributed by atoms with Gasteiger partial charge in [-0.15, -0.1) is 24.0 Å². The Labute approximate surface area is 357 Å². The molecule has 0 fully saturated rings. The summed E-state index contributed by atoms with van der Waals surface area (Å²) in [5.74, 6) is -0.478. The zero-order chi connectivity index (χ0) is 38.8. The third-order valence-electron chi connectivity index (χ3n) is 9.27. The van der Waals surface area contributed by atoms with Crippen molar-refractivity contribution in [1.82, 2.24) is 29.1 Å². The van der Waals surface area contributed by atoms with Gasteiger partial charge in [0.1, 0.15) is 35.6 Å². The van der Waals surface area contributed by atoms with Gasteiger partial charge < -0.3 is 31.4 Å². The van der Waals surface area contributed by atoms with E-state index in [0.29, 0.717) is 28.1 Å². The average molecular weight is 1070 g/mol. The molecule has 0 aliphatic rings. The van der Waals surface area contributed by atoms with Crippen LogP contribution in [0.4, 0.5) is 11.6 Å². The maximum absolute atomic E-state index is 11.7. The number of carbonyl (C=O) groups excluding carboxylic acids is 1. The molecule has 0 saturated heterocycles. The summed E-state index contributed by atoms with van der Waals surface area (Å²) < 4.78 is 4.16. The molecule has 4 heterocycles. The molecular formula is C40H38I3N9O3. The van der Waals surface area contributed by atoms with E-state index < -0.39 is 11.9 Å². The number of halogens is 3. The highest BCUT2D eigenvalue weighted by molar-refractivity contribution is 15.0. The van der Waals surface area contributed by atoms with E-state index in [1.165, 1.54) is 12.7 Å². The number of nitrogens with zero attached hydrogens (tertiary/aromatic N) is 6. The van der Waals surface area contributed by atoms with Crippen LogP contribution in [0.3, 0.4) is 0 Å². The summed E-state index contributed by atoms with van der Waals surface area (Å²) in [6, 6.07) is 22.9. The Kier molecular flexibility index (Phi) is 13.2. The Hall–Kier alpha value is -4.63. The fraction of sp³-hybridized carbons (Fsp3) is 0.150. The molecule has 0 saturated carbocycles. The van der Waals surface area contributed by atoms with Crippen molar-refractivity contribution in [2.75, 3.05) is 11.5 Å². The molecule has 0 radical (unpaired) electrons. The number of anilines is 2. The van der Waals surface area contributed by atoms with E-state index in [4.69, 9.17) is 17.2 Å². The van der Waals surface area contributed by atoms with Crippen molar-refractivity contribution in [3.63, 3.8) is 0 Å². The number of aromatic nitrogens is 6. The standard InChI is InChI=1S/C20H19N5O.C20H18N4O2.I2.HI/c1-11(2)25-9-16(17-18(21)23-10-24-20(17)25)13-6-7-14-12(8-13)4-3-5-15(14)19(22)26;1-11(2)24-9-16(17-18(21)22-10-23-19(17)24)13-6-7-14-12(8-13)4-3-5-15(14)20(25)26;1-2;/h3-11H,1-2H3,(H2,22,26)(H2,21,23,24);3-11H,1-2H3,(H,25,26)(H2,21,22,23);;1H. The number of nitrogen functional groups attached to an aromatic ring is 2. The smallest absolute Gasteiger partial charge is 0.336 e. The Bertz CT molecular complexity index is 2520. The number of carboxylic acids is 1. The molecule has 282 valence electrons. The number of rotatable bonds is 6. The van der Waals surface area contributed by atoms with Crippen molar-refractivity contribution in [2.24, 2.45) is 5.73 Å². The summed E-state index contributed by atoms with van der Waals surface area (Å²) in [6.45, 7) is 8.37. The lowest BCUT2D eigenvalue weighted by molar-refractivity contribution is 0.0698. The van der Waals surface area contributed by atoms with E-state index in [0.717, 1.165) is 60.5 Å². The van der Waals surface area contributed by atoms with Gasteiger partial charge in [-0.05, 0) is 84.6 Å². The highest BCUT2D eigenvalue weighted by atomic mass is 128. The molecule has 15 heteroatoms. The van der Waals surface area contributed by atoms with Gasteiger partial charge in [0.2, 0.25) is 5.91 Å². The minimum Gasteiger partial charge on any atom is -0.478 e. The topological polar surface area (TPSA) is 194 Å². The molecule has 0 aliphatic carbocycles. The van der Waals surface area contributed by atoms with Crippen molar-refractivity contribution in [1.29, 1.82) is 0 Å². The summed E-state index contributed by atoms with van der Waals surface area (Å²) >= 11 is 4.24. The van der Waals surface area contributed by atoms with Crippen LogP contribution in [0.25, 0.3) is 65.9 Å². The van der Waals surface area contributed by atoms with Crippen molar-refractivity contribution >= 4 is 128 Å². The molecule has 0 atom stereocenters. The summed E-state index contributed by atoms with van der Waals surface area (Å²) in [4.78, 5) is 40.2. The number of benzene rings is 4. The first kappa shape index (κ1) is 41.5. The molecule has 8 rings (SSSR count). The monoisotopic (exact) mass is 1070 g/mol. The van der Waals surface area contributed by atoms with Crippen LogP contribution in [-0.2, 0) is 0 Å². The Morgan fingerprint density at radius 3 is 1.47 bits per heavy atom. The lowest BCUT2D eigenvalue weighted by Crippen LogP contribution is -2.11.